The van der Waals surface area contributed by atoms with Crippen LogP contribution in [0.3, 0.4) is 0 Å². The third-order valence-electron chi connectivity index (χ3n) is 2.52. The van der Waals surface area contributed by atoms with Crippen LogP contribution >= 0.6 is 0 Å². The quantitative estimate of drug-likeness (QED) is 0.556. The highest BCUT2D eigenvalue weighted by molar-refractivity contribution is 5.72. The summed E-state index contributed by atoms with van der Waals surface area (Å²) >= 11 is 0. The predicted molar refractivity (Wildman–Crippen MR) is 69.4 cm³/mol. The molecule has 0 heterocycles. The lowest BCUT2D eigenvalue weighted by molar-refractivity contribution is -0.139. The second kappa shape index (κ2) is 8.10. The molecule has 0 radical (unpaired) electrons. The van der Waals surface area contributed by atoms with E-state index in [0.717, 1.165) is 11.1 Å². The van der Waals surface area contributed by atoms with E-state index in [1.807, 2.05) is 24.3 Å². The average Bonchev–Trinajstić information content (AvgIpc) is 2.39. The first kappa shape index (κ1) is 15.0. The summed E-state index contributed by atoms with van der Waals surface area (Å²) in [7, 11) is 1.37. The highest BCUT2D eigenvalue weighted by Crippen LogP contribution is 2.09. The SMILES string of the molecule is COC(=O)Cc1ccccc1CNCCOC(N)=O. The van der Waals surface area contributed by atoms with Crippen LogP contribution in [0.5, 0.6) is 0 Å². The fourth-order valence-electron chi connectivity index (χ4n) is 1.58. The average molecular weight is 266 g/mol. The van der Waals surface area contributed by atoms with Gasteiger partial charge in [0.05, 0.1) is 13.5 Å². The van der Waals surface area contributed by atoms with Gasteiger partial charge in [-0.25, -0.2) is 4.79 Å². The van der Waals surface area contributed by atoms with E-state index in [9.17, 15) is 9.59 Å². The van der Waals surface area contributed by atoms with Gasteiger partial charge in [0.15, 0.2) is 0 Å². The minimum Gasteiger partial charge on any atom is -0.469 e. The van der Waals surface area contributed by atoms with Gasteiger partial charge >= 0.3 is 12.1 Å². The van der Waals surface area contributed by atoms with Crippen LogP contribution in [-0.4, -0.2) is 32.3 Å². The maximum Gasteiger partial charge on any atom is 0.404 e. The van der Waals surface area contributed by atoms with E-state index < -0.39 is 6.09 Å². The Kier molecular flexibility index (Phi) is 6.38. The first-order valence-corrected chi connectivity index (χ1v) is 5.90. The molecule has 0 fully saturated rings. The monoisotopic (exact) mass is 266 g/mol. The second-order valence-corrected chi connectivity index (χ2v) is 3.87. The number of benzene rings is 1. The number of ether oxygens (including phenoxy) is 2. The van der Waals surface area contributed by atoms with Crippen molar-refractivity contribution >= 4 is 12.1 Å². The topological polar surface area (TPSA) is 90.7 Å². The Labute approximate surface area is 111 Å². The molecule has 0 saturated carbocycles. The number of amides is 1. The summed E-state index contributed by atoms with van der Waals surface area (Å²) in [5.41, 5.74) is 6.76. The number of rotatable bonds is 7. The highest BCUT2D eigenvalue weighted by Gasteiger charge is 2.07. The van der Waals surface area contributed by atoms with Gasteiger partial charge in [-0.3, -0.25) is 4.79 Å². The Balaban J connectivity index is 2.44. The lowest BCUT2D eigenvalue weighted by Gasteiger charge is -2.09. The first-order valence-electron chi connectivity index (χ1n) is 5.90. The summed E-state index contributed by atoms with van der Waals surface area (Å²) in [6, 6.07) is 7.59. The number of nitrogens with two attached hydrogens (primary N) is 1. The third-order valence-corrected chi connectivity index (χ3v) is 2.52. The molecule has 0 bridgehead atoms. The van der Waals surface area contributed by atoms with E-state index in [2.05, 4.69) is 14.8 Å². The molecule has 0 spiro atoms. The van der Waals surface area contributed by atoms with Crippen molar-refractivity contribution in [2.24, 2.45) is 5.73 Å². The van der Waals surface area contributed by atoms with Crippen molar-refractivity contribution < 1.29 is 19.1 Å². The Morgan fingerprint density at radius 2 is 1.95 bits per heavy atom. The molecule has 19 heavy (non-hydrogen) atoms. The van der Waals surface area contributed by atoms with Crippen LogP contribution in [0.25, 0.3) is 0 Å². The summed E-state index contributed by atoms with van der Waals surface area (Å²) in [4.78, 5) is 21.6. The number of carbonyl (C=O) groups is 2. The van der Waals surface area contributed by atoms with Gasteiger partial charge in [-0.05, 0) is 11.1 Å². The Hall–Kier alpha value is -2.08. The van der Waals surface area contributed by atoms with Gasteiger partial charge in [-0.15, -0.1) is 0 Å². The van der Waals surface area contributed by atoms with Crippen molar-refractivity contribution in [3.8, 4) is 0 Å². The van der Waals surface area contributed by atoms with E-state index in [0.29, 0.717) is 13.1 Å². The van der Waals surface area contributed by atoms with Gasteiger partial charge in [0.2, 0.25) is 0 Å². The van der Waals surface area contributed by atoms with Crippen molar-refractivity contribution in [1.29, 1.82) is 0 Å². The summed E-state index contributed by atoms with van der Waals surface area (Å²) in [6.07, 6.45) is -0.542. The van der Waals surface area contributed by atoms with Crippen LogP contribution in [-0.2, 0) is 27.2 Å². The fraction of sp³-hybridized carbons (Fsp3) is 0.385. The molecule has 3 N–H and O–H groups in total. The van der Waals surface area contributed by atoms with Gasteiger partial charge in [-0.2, -0.15) is 0 Å². The summed E-state index contributed by atoms with van der Waals surface area (Å²) in [5.74, 6) is -0.274. The normalized spacial score (nSPS) is 9.95. The number of methoxy groups -OCH3 is 1. The molecule has 1 amide bonds. The molecule has 1 aromatic rings. The number of esters is 1. The molecule has 0 aliphatic carbocycles. The van der Waals surface area contributed by atoms with Crippen molar-refractivity contribution in [2.45, 2.75) is 13.0 Å². The van der Waals surface area contributed by atoms with E-state index in [1.54, 1.807) is 0 Å². The largest absolute Gasteiger partial charge is 0.469 e. The molecule has 0 aliphatic rings. The summed E-state index contributed by atoms with van der Waals surface area (Å²) in [6.45, 7) is 1.29. The van der Waals surface area contributed by atoms with Crippen LogP contribution in [0, 0.1) is 0 Å². The molecule has 6 heteroatoms. The van der Waals surface area contributed by atoms with Crippen molar-refractivity contribution in [3.63, 3.8) is 0 Å². The van der Waals surface area contributed by atoms with Gasteiger partial charge in [0.25, 0.3) is 0 Å². The number of nitrogens with one attached hydrogen (secondary N) is 1. The molecule has 6 nitrogen and oxygen atoms in total. The van der Waals surface area contributed by atoms with Gasteiger partial charge in [0, 0.05) is 13.1 Å². The van der Waals surface area contributed by atoms with Gasteiger partial charge in [0.1, 0.15) is 6.61 Å². The standard InChI is InChI=1S/C13H18N2O4/c1-18-12(16)8-10-4-2-3-5-11(10)9-15-6-7-19-13(14)17/h2-5,15H,6-9H2,1H3,(H2,14,17). The molecule has 1 rings (SSSR count). The Bertz CT molecular complexity index is 434. The Morgan fingerprint density at radius 1 is 1.26 bits per heavy atom. The number of hydrogen-bond acceptors (Lipinski definition) is 5. The van der Waals surface area contributed by atoms with E-state index >= 15 is 0 Å². The van der Waals surface area contributed by atoms with Crippen LogP contribution in [0.2, 0.25) is 0 Å². The zero-order valence-corrected chi connectivity index (χ0v) is 10.8. The highest BCUT2D eigenvalue weighted by atomic mass is 16.5. The molecule has 0 aliphatic heterocycles. The van der Waals surface area contributed by atoms with E-state index in [-0.39, 0.29) is 19.0 Å². The number of carbonyl (C=O) groups excluding carboxylic acids is 2. The van der Waals surface area contributed by atoms with E-state index in [1.165, 1.54) is 7.11 Å². The maximum atomic E-state index is 11.3. The predicted octanol–water partition coefficient (Wildman–Crippen LogP) is 0.587. The molecule has 0 saturated heterocycles. The lowest BCUT2D eigenvalue weighted by Crippen LogP contribution is -2.23. The number of primary amides is 1. The summed E-state index contributed by atoms with van der Waals surface area (Å²) < 4.78 is 9.24. The van der Waals surface area contributed by atoms with Crippen molar-refractivity contribution in [1.82, 2.24) is 5.32 Å². The molecule has 0 aromatic heterocycles. The maximum absolute atomic E-state index is 11.3. The number of hydrogen-bond donors (Lipinski definition) is 2. The Morgan fingerprint density at radius 3 is 2.58 bits per heavy atom. The lowest BCUT2D eigenvalue weighted by atomic mass is 10.0. The minimum atomic E-state index is -0.784. The first-order chi connectivity index (χ1) is 9.13. The smallest absolute Gasteiger partial charge is 0.404 e. The van der Waals surface area contributed by atoms with Gasteiger partial charge in [-0.1, -0.05) is 24.3 Å². The molecular formula is C13H18N2O4. The third kappa shape index (κ3) is 5.87. The fourth-order valence-corrected chi connectivity index (χ4v) is 1.58. The molecule has 0 atom stereocenters. The second-order valence-electron chi connectivity index (χ2n) is 3.87. The van der Waals surface area contributed by atoms with E-state index in [4.69, 9.17) is 5.73 Å². The molecular weight excluding hydrogens is 248 g/mol. The zero-order chi connectivity index (χ0) is 14.1. The van der Waals surface area contributed by atoms with Crippen molar-refractivity contribution in [3.05, 3.63) is 35.4 Å². The minimum absolute atomic E-state index is 0.217. The van der Waals surface area contributed by atoms with Crippen LogP contribution in [0.15, 0.2) is 24.3 Å². The van der Waals surface area contributed by atoms with Crippen LogP contribution < -0.4 is 11.1 Å². The van der Waals surface area contributed by atoms with Crippen molar-refractivity contribution in [2.75, 3.05) is 20.3 Å². The molecule has 1 aromatic carbocycles. The van der Waals surface area contributed by atoms with Crippen LogP contribution in [0.1, 0.15) is 11.1 Å². The van der Waals surface area contributed by atoms with Crippen LogP contribution in [0.4, 0.5) is 4.79 Å². The van der Waals surface area contributed by atoms with Gasteiger partial charge < -0.3 is 20.5 Å². The molecule has 104 valence electrons. The molecule has 0 unspecified atom stereocenters. The zero-order valence-electron chi connectivity index (χ0n) is 10.8. The summed E-state index contributed by atoms with van der Waals surface area (Å²) in [5, 5.41) is 3.10.